The van der Waals surface area contributed by atoms with E-state index in [-0.39, 0.29) is 18.9 Å². The van der Waals surface area contributed by atoms with Crippen LogP contribution in [0.15, 0.2) is 30.3 Å². The van der Waals surface area contributed by atoms with Gasteiger partial charge in [0.15, 0.2) is 0 Å². The van der Waals surface area contributed by atoms with Gasteiger partial charge in [-0.1, -0.05) is 35.7 Å². The Hall–Kier alpha value is -0.183. The Morgan fingerprint density at radius 3 is 2.00 bits per heavy atom. The zero-order valence-corrected chi connectivity index (χ0v) is 7.51. The van der Waals surface area contributed by atoms with E-state index in [4.69, 9.17) is 0 Å². The third kappa shape index (κ3) is 0.919. The van der Waals surface area contributed by atoms with E-state index in [2.05, 4.69) is 30.3 Å². The molecule has 3 aliphatic rings. The maximum atomic E-state index is 2.27. The van der Waals surface area contributed by atoms with Crippen molar-refractivity contribution in [2.75, 3.05) is 0 Å². The summed E-state index contributed by atoms with van der Waals surface area (Å²) in [7, 11) is 0. The minimum Gasteiger partial charge on any atom is -0.312 e. The Balaban J connectivity index is 0.000000563. The van der Waals surface area contributed by atoms with E-state index in [1.165, 1.54) is 19.3 Å². The van der Waals surface area contributed by atoms with E-state index >= 15 is 0 Å². The zero-order chi connectivity index (χ0) is 7.31. The number of rotatable bonds is 1. The predicted molar refractivity (Wildman–Crippen MR) is 45.2 cm³/mol. The topological polar surface area (TPSA) is 0 Å². The van der Waals surface area contributed by atoms with Crippen LogP contribution < -0.4 is 18.9 Å². The Bertz CT molecular complexity index is 261. The van der Waals surface area contributed by atoms with Gasteiger partial charge in [0.1, 0.15) is 0 Å². The van der Waals surface area contributed by atoms with Gasteiger partial charge in [-0.3, -0.25) is 0 Å². The first-order valence-corrected chi connectivity index (χ1v) is 4.28. The van der Waals surface area contributed by atoms with E-state index in [0.717, 1.165) is 0 Å². The van der Waals surface area contributed by atoms with E-state index in [1.54, 1.807) is 11.5 Å². The quantitative estimate of drug-likeness (QED) is 0.381. The fourth-order valence-electron chi connectivity index (χ4n) is 2.38. The van der Waals surface area contributed by atoms with Crippen LogP contribution in [0.2, 0.25) is 0 Å². The SMILES string of the molecule is [Li+].c1ccc(C23C[C-](C2)C3)cc1. The van der Waals surface area contributed by atoms with Crippen LogP contribution in [0.5, 0.6) is 0 Å². The first-order valence-electron chi connectivity index (χ1n) is 4.28. The Morgan fingerprint density at radius 1 is 1.00 bits per heavy atom. The molecule has 0 unspecified atom stereocenters. The minimum absolute atomic E-state index is 0. The summed E-state index contributed by atoms with van der Waals surface area (Å²) in [5.41, 5.74) is 2.19. The second-order valence-electron chi connectivity index (χ2n) is 3.93. The minimum atomic E-state index is 0. The molecule has 0 amide bonds. The van der Waals surface area contributed by atoms with Gasteiger partial charge in [-0.2, -0.15) is 19.3 Å². The molecule has 0 heterocycles. The molecule has 0 radical (unpaired) electrons. The van der Waals surface area contributed by atoms with E-state index in [1.807, 2.05) is 0 Å². The molecule has 1 heteroatoms. The van der Waals surface area contributed by atoms with Crippen LogP contribution in [-0.2, 0) is 5.41 Å². The Kier molecular flexibility index (Phi) is 1.86. The normalized spacial score (nSPS) is 23.3. The van der Waals surface area contributed by atoms with Crippen molar-refractivity contribution in [2.24, 2.45) is 0 Å². The first kappa shape index (κ1) is 8.42. The third-order valence-corrected chi connectivity index (χ3v) is 3.15. The molecule has 0 spiro atoms. The summed E-state index contributed by atoms with van der Waals surface area (Å²) in [5.74, 6) is 1.79. The summed E-state index contributed by atoms with van der Waals surface area (Å²) in [5, 5.41) is 0. The van der Waals surface area contributed by atoms with Gasteiger partial charge in [0.2, 0.25) is 0 Å². The average Bonchev–Trinajstić information content (AvgIpc) is 1.83. The molecule has 0 nitrogen and oxygen atoms in total. The molecule has 0 atom stereocenters. The molecule has 0 aromatic heterocycles. The molecular weight excluding hydrogens is 139 g/mol. The molecule has 1 aromatic rings. The summed E-state index contributed by atoms with van der Waals surface area (Å²) in [4.78, 5) is 0. The maximum absolute atomic E-state index is 2.27. The van der Waals surface area contributed by atoms with Gasteiger partial charge < -0.3 is 5.92 Å². The second-order valence-corrected chi connectivity index (χ2v) is 3.93. The zero-order valence-electron chi connectivity index (χ0n) is 7.51. The van der Waals surface area contributed by atoms with E-state index in [9.17, 15) is 0 Å². The van der Waals surface area contributed by atoms with Crippen molar-refractivity contribution in [3.05, 3.63) is 41.8 Å². The average molecular weight is 150 g/mol. The smallest absolute Gasteiger partial charge is 0.312 e. The predicted octanol–water partition coefficient (Wildman–Crippen LogP) is -0.300. The van der Waals surface area contributed by atoms with Crippen molar-refractivity contribution in [2.45, 2.75) is 24.7 Å². The number of hydrogen-bond acceptors (Lipinski definition) is 0. The maximum Gasteiger partial charge on any atom is 1.00 e. The van der Waals surface area contributed by atoms with Gasteiger partial charge in [0.05, 0.1) is 0 Å². The molecule has 3 aliphatic carbocycles. The molecule has 1 aromatic carbocycles. The second kappa shape index (κ2) is 2.65. The Morgan fingerprint density at radius 2 is 1.58 bits per heavy atom. The van der Waals surface area contributed by atoms with Crippen molar-refractivity contribution in [1.82, 2.24) is 0 Å². The van der Waals surface area contributed by atoms with Crippen molar-refractivity contribution in [1.29, 1.82) is 0 Å². The van der Waals surface area contributed by atoms with Gasteiger partial charge in [-0.25, -0.2) is 0 Å². The van der Waals surface area contributed by atoms with Crippen molar-refractivity contribution >= 4 is 0 Å². The molecule has 0 N–H and O–H groups in total. The fraction of sp³-hybridized carbons (Fsp3) is 0.364. The summed E-state index contributed by atoms with van der Waals surface area (Å²) in [6, 6.07) is 11.0. The Labute approximate surface area is 85.5 Å². The van der Waals surface area contributed by atoms with Crippen LogP contribution in [0.4, 0.5) is 0 Å². The molecular formula is C11H11Li. The van der Waals surface area contributed by atoms with Crippen LogP contribution in [0, 0.1) is 5.92 Å². The van der Waals surface area contributed by atoms with Crippen LogP contribution in [-0.4, -0.2) is 0 Å². The van der Waals surface area contributed by atoms with Gasteiger partial charge in [0, 0.05) is 0 Å². The molecule has 56 valence electrons. The molecule has 12 heavy (non-hydrogen) atoms. The van der Waals surface area contributed by atoms with Gasteiger partial charge in [-0.05, 0) is 5.56 Å². The van der Waals surface area contributed by atoms with Crippen molar-refractivity contribution in [3.8, 4) is 0 Å². The monoisotopic (exact) mass is 150 g/mol. The molecule has 0 aliphatic heterocycles. The van der Waals surface area contributed by atoms with Gasteiger partial charge in [-0.15, -0.1) is 0 Å². The molecule has 2 bridgehead atoms. The third-order valence-electron chi connectivity index (χ3n) is 3.15. The summed E-state index contributed by atoms with van der Waals surface area (Å²) >= 11 is 0. The van der Waals surface area contributed by atoms with Crippen LogP contribution in [0.3, 0.4) is 0 Å². The van der Waals surface area contributed by atoms with E-state index in [0.29, 0.717) is 5.41 Å². The largest absolute Gasteiger partial charge is 1.00 e. The van der Waals surface area contributed by atoms with Gasteiger partial charge in [0.25, 0.3) is 0 Å². The standard InChI is InChI=1S/C11H11.Li/c1-2-4-10(5-3-1)11-6-9(7-11)8-11;/h1-5H,6-8H2;/q-1;+1. The van der Waals surface area contributed by atoms with Crippen LogP contribution >= 0.6 is 0 Å². The molecule has 3 fully saturated rings. The molecule has 4 rings (SSSR count). The van der Waals surface area contributed by atoms with Crippen LogP contribution in [0.25, 0.3) is 0 Å². The number of hydrogen-bond donors (Lipinski definition) is 0. The molecule has 3 saturated carbocycles. The number of benzene rings is 1. The fourth-order valence-corrected chi connectivity index (χ4v) is 2.38. The summed E-state index contributed by atoms with van der Waals surface area (Å²) < 4.78 is 0. The van der Waals surface area contributed by atoms with Crippen LogP contribution in [0.1, 0.15) is 24.8 Å². The first-order chi connectivity index (χ1) is 5.39. The summed E-state index contributed by atoms with van der Waals surface area (Å²) in [6.07, 6.45) is 4.16. The van der Waals surface area contributed by atoms with Gasteiger partial charge >= 0.3 is 18.9 Å². The summed E-state index contributed by atoms with van der Waals surface area (Å²) in [6.45, 7) is 0. The van der Waals surface area contributed by atoms with Crippen molar-refractivity contribution < 1.29 is 18.9 Å². The molecule has 0 saturated heterocycles. The van der Waals surface area contributed by atoms with Crippen molar-refractivity contribution in [3.63, 3.8) is 0 Å². The van der Waals surface area contributed by atoms with E-state index < -0.39 is 0 Å².